The molecule has 1 N–H and O–H groups in total. The first-order valence-corrected chi connectivity index (χ1v) is 5.58. The first-order valence-electron chi connectivity index (χ1n) is 5.58. The van der Waals surface area contributed by atoms with E-state index >= 15 is 0 Å². The monoisotopic (exact) mass is 224 g/mol. The van der Waals surface area contributed by atoms with Crippen LogP contribution in [0.3, 0.4) is 0 Å². The van der Waals surface area contributed by atoms with Crippen LogP contribution < -0.4 is 11.2 Å². The van der Waals surface area contributed by atoms with Gasteiger partial charge in [0.25, 0.3) is 5.56 Å². The molecule has 16 heavy (non-hydrogen) atoms. The van der Waals surface area contributed by atoms with Gasteiger partial charge in [0.2, 0.25) is 0 Å². The number of rotatable bonds is 2. The van der Waals surface area contributed by atoms with Gasteiger partial charge in [-0.3, -0.25) is 14.3 Å². The normalized spacial score (nSPS) is 29.5. The predicted octanol–water partition coefficient (Wildman–Crippen LogP) is 0.870. The third-order valence-corrected chi connectivity index (χ3v) is 3.10. The molecule has 0 radical (unpaired) electrons. The number of nitrogens with zero attached hydrogens (tertiary/aromatic N) is 1. The molecule has 1 aliphatic heterocycles. The third kappa shape index (κ3) is 1.95. The van der Waals surface area contributed by atoms with Crippen molar-refractivity contribution in [2.45, 2.75) is 39.0 Å². The van der Waals surface area contributed by atoms with E-state index in [1.165, 1.54) is 16.8 Å². The number of hydrogen-bond acceptors (Lipinski definition) is 3. The lowest BCUT2D eigenvalue weighted by molar-refractivity contribution is -0.00758. The SMILES string of the molecule is CC[C@H]1O[C@@H](n2ccc(=O)[nH]c2=O)C[C@@H]1C. The van der Waals surface area contributed by atoms with Gasteiger partial charge in [0.1, 0.15) is 6.23 Å². The molecule has 1 aliphatic rings. The molecule has 1 aromatic heterocycles. The minimum atomic E-state index is -0.401. The van der Waals surface area contributed by atoms with E-state index in [2.05, 4.69) is 18.8 Å². The Hall–Kier alpha value is -1.36. The van der Waals surface area contributed by atoms with Crippen LogP contribution >= 0.6 is 0 Å². The van der Waals surface area contributed by atoms with E-state index in [0.717, 1.165) is 12.8 Å². The molecule has 5 nitrogen and oxygen atoms in total. The molecule has 0 bridgehead atoms. The Labute approximate surface area is 93.1 Å². The van der Waals surface area contributed by atoms with E-state index in [1.807, 2.05) is 0 Å². The average Bonchev–Trinajstić information content (AvgIpc) is 2.59. The Balaban J connectivity index is 2.27. The van der Waals surface area contributed by atoms with Gasteiger partial charge >= 0.3 is 5.69 Å². The van der Waals surface area contributed by atoms with E-state index < -0.39 is 5.69 Å². The first kappa shape index (κ1) is 11.1. The van der Waals surface area contributed by atoms with Crippen molar-refractivity contribution in [2.24, 2.45) is 5.92 Å². The highest BCUT2D eigenvalue weighted by atomic mass is 16.5. The van der Waals surface area contributed by atoms with Gasteiger partial charge in [-0.25, -0.2) is 4.79 Å². The second kappa shape index (κ2) is 4.25. The molecule has 0 aliphatic carbocycles. The van der Waals surface area contributed by atoms with Crippen molar-refractivity contribution >= 4 is 0 Å². The molecule has 3 atom stereocenters. The summed E-state index contributed by atoms with van der Waals surface area (Å²) in [6.07, 6.45) is 3.20. The van der Waals surface area contributed by atoms with Gasteiger partial charge in [0.05, 0.1) is 6.10 Å². The fraction of sp³-hybridized carbons (Fsp3) is 0.636. The Bertz CT molecular complexity index is 477. The summed E-state index contributed by atoms with van der Waals surface area (Å²) in [6.45, 7) is 4.18. The highest BCUT2D eigenvalue weighted by Gasteiger charge is 2.32. The van der Waals surface area contributed by atoms with Crippen LogP contribution in [-0.2, 0) is 4.74 Å². The summed E-state index contributed by atoms with van der Waals surface area (Å²) in [6, 6.07) is 1.34. The molecule has 0 amide bonds. The molecule has 1 saturated heterocycles. The van der Waals surface area contributed by atoms with Crippen molar-refractivity contribution in [1.29, 1.82) is 0 Å². The van der Waals surface area contributed by atoms with Crippen LogP contribution in [0.5, 0.6) is 0 Å². The highest BCUT2D eigenvalue weighted by Crippen LogP contribution is 2.33. The Morgan fingerprint density at radius 2 is 2.31 bits per heavy atom. The van der Waals surface area contributed by atoms with Crippen molar-refractivity contribution in [1.82, 2.24) is 9.55 Å². The zero-order chi connectivity index (χ0) is 11.7. The van der Waals surface area contributed by atoms with Gasteiger partial charge in [-0.1, -0.05) is 13.8 Å². The van der Waals surface area contributed by atoms with Gasteiger partial charge in [-0.15, -0.1) is 0 Å². The Morgan fingerprint density at radius 3 is 2.88 bits per heavy atom. The van der Waals surface area contributed by atoms with Crippen molar-refractivity contribution in [3.05, 3.63) is 33.1 Å². The quantitative estimate of drug-likeness (QED) is 0.810. The maximum absolute atomic E-state index is 11.6. The number of ether oxygens (including phenoxy) is 1. The molecule has 0 saturated carbocycles. The summed E-state index contributed by atoms with van der Waals surface area (Å²) < 4.78 is 7.22. The molecular weight excluding hydrogens is 208 g/mol. The average molecular weight is 224 g/mol. The lowest BCUT2D eigenvalue weighted by atomic mass is 10.0. The minimum Gasteiger partial charge on any atom is -0.354 e. The molecule has 88 valence electrons. The second-order valence-electron chi connectivity index (χ2n) is 4.27. The molecule has 1 fully saturated rings. The van der Waals surface area contributed by atoms with Crippen molar-refractivity contribution < 1.29 is 4.74 Å². The summed E-state index contributed by atoms with van der Waals surface area (Å²) in [5.41, 5.74) is -0.777. The number of H-pyrrole nitrogens is 1. The fourth-order valence-electron chi connectivity index (χ4n) is 2.19. The maximum Gasteiger partial charge on any atom is 0.330 e. The Morgan fingerprint density at radius 1 is 1.56 bits per heavy atom. The van der Waals surface area contributed by atoms with E-state index in [9.17, 15) is 9.59 Å². The minimum absolute atomic E-state index is 0.198. The van der Waals surface area contributed by atoms with E-state index in [0.29, 0.717) is 5.92 Å². The highest BCUT2D eigenvalue weighted by molar-refractivity contribution is 4.87. The summed E-state index contributed by atoms with van der Waals surface area (Å²) in [5.74, 6) is 0.439. The first-order chi connectivity index (χ1) is 7.61. The molecule has 2 heterocycles. The van der Waals surface area contributed by atoms with Crippen molar-refractivity contribution in [2.75, 3.05) is 0 Å². The van der Waals surface area contributed by atoms with Crippen LogP contribution in [0.2, 0.25) is 0 Å². The van der Waals surface area contributed by atoms with Crippen LogP contribution in [-0.4, -0.2) is 15.7 Å². The number of nitrogens with one attached hydrogen (secondary N) is 1. The van der Waals surface area contributed by atoms with E-state index in [1.54, 1.807) is 0 Å². The predicted molar refractivity (Wildman–Crippen MR) is 59.3 cm³/mol. The molecule has 0 aromatic carbocycles. The van der Waals surface area contributed by atoms with Crippen LogP contribution in [0, 0.1) is 5.92 Å². The smallest absolute Gasteiger partial charge is 0.330 e. The van der Waals surface area contributed by atoms with Crippen molar-refractivity contribution in [3.63, 3.8) is 0 Å². The van der Waals surface area contributed by atoms with Gasteiger partial charge in [0.15, 0.2) is 0 Å². The number of aromatic nitrogens is 2. The topological polar surface area (TPSA) is 64.1 Å². The molecule has 5 heteroatoms. The summed E-state index contributed by atoms with van der Waals surface area (Å²) >= 11 is 0. The largest absolute Gasteiger partial charge is 0.354 e. The van der Waals surface area contributed by atoms with Gasteiger partial charge < -0.3 is 4.74 Å². The molecule has 1 aromatic rings. The standard InChI is InChI=1S/C11H16N2O3/c1-3-8-7(2)6-10(16-8)13-5-4-9(14)12-11(13)15/h4-5,7-8,10H,3,6H2,1-2H3,(H,12,14,15)/t7-,8+,10+/m0/s1. The molecule has 2 rings (SSSR count). The van der Waals surface area contributed by atoms with Gasteiger partial charge in [-0.05, 0) is 18.8 Å². The van der Waals surface area contributed by atoms with Crippen LogP contribution in [0.25, 0.3) is 0 Å². The lowest BCUT2D eigenvalue weighted by Crippen LogP contribution is -2.31. The zero-order valence-electron chi connectivity index (χ0n) is 9.47. The molecule has 0 unspecified atom stereocenters. The maximum atomic E-state index is 11.6. The van der Waals surface area contributed by atoms with Crippen LogP contribution in [0.1, 0.15) is 32.9 Å². The summed E-state index contributed by atoms with van der Waals surface area (Å²) in [7, 11) is 0. The zero-order valence-corrected chi connectivity index (χ0v) is 9.47. The van der Waals surface area contributed by atoms with E-state index in [4.69, 9.17) is 4.74 Å². The second-order valence-corrected chi connectivity index (χ2v) is 4.27. The Kier molecular flexibility index (Phi) is 2.96. The summed E-state index contributed by atoms with van der Waals surface area (Å²) in [5, 5.41) is 0. The van der Waals surface area contributed by atoms with Gasteiger partial charge in [0, 0.05) is 12.3 Å². The molecular formula is C11H16N2O3. The van der Waals surface area contributed by atoms with Crippen molar-refractivity contribution in [3.8, 4) is 0 Å². The van der Waals surface area contributed by atoms with Gasteiger partial charge in [-0.2, -0.15) is 0 Å². The summed E-state index contributed by atoms with van der Waals surface area (Å²) in [4.78, 5) is 24.7. The van der Waals surface area contributed by atoms with E-state index in [-0.39, 0.29) is 17.9 Å². The lowest BCUT2D eigenvalue weighted by Gasteiger charge is -2.14. The molecule has 0 spiro atoms. The van der Waals surface area contributed by atoms with Crippen LogP contribution in [0.15, 0.2) is 21.9 Å². The number of hydrogen-bond donors (Lipinski definition) is 1. The number of aromatic amines is 1. The third-order valence-electron chi connectivity index (χ3n) is 3.10. The fourth-order valence-corrected chi connectivity index (χ4v) is 2.19. The van der Waals surface area contributed by atoms with Crippen LogP contribution in [0.4, 0.5) is 0 Å².